The van der Waals surface area contributed by atoms with Gasteiger partial charge in [-0.25, -0.2) is 9.78 Å². The lowest BCUT2D eigenvalue weighted by molar-refractivity contribution is 0.0526. The summed E-state index contributed by atoms with van der Waals surface area (Å²) in [5.74, 6) is 0.405. The molecular formula is C15H23N3O2. The van der Waals surface area contributed by atoms with Crippen LogP contribution < -0.4 is 11.1 Å². The van der Waals surface area contributed by atoms with Gasteiger partial charge in [-0.3, -0.25) is 0 Å². The maximum atomic E-state index is 11.5. The van der Waals surface area contributed by atoms with Gasteiger partial charge in [-0.05, 0) is 31.9 Å². The van der Waals surface area contributed by atoms with Crippen molar-refractivity contribution in [3.8, 4) is 0 Å². The van der Waals surface area contributed by atoms with Gasteiger partial charge < -0.3 is 15.8 Å². The number of rotatable bonds is 5. The van der Waals surface area contributed by atoms with Gasteiger partial charge in [-0.1, -0.05) is 19.3 Å². The second kappa shape index (κ2) is 6.70. The number of anilines is 1. The first-order chi connectivity index (χ1) is 9.63. The molecule has 0 amide bonds. The largest absolute Gasteiger partial charge is 0.462 e. The van der Waals surface area contributed by atoms with Crippen LogP contribution in [0.15, 0.2) is 18.3 Å². The number of aromatic nitrogens is 1. The highest BCUT2D eigenvalue weighted by molar-refractivity contribution is 5.89. The molecule has 0 aliphatic heterocycles. The van der Waals surface area contributed by atoms with E-state index in [0.29, 0.717) is 12.2 Å². The van der Waals surface area contributed by atoms with Crippen LogP contribution in [0.3, 0.4) is 0 Å². The van der Waals surface area contributed by atoms with Crippen molar-refractivity contribution in [1.29, 1.82) is 0 Å². The smallest absolute Gasteiger partial charge is 0.339 e. The molecule has 0 spiro atoms. The van der Waals surface area contributed by atoms with Gasteiger partial charge in [0.25, 0.3) is 0 Å². The molecule has 0 aromatic carbocycles. The van der Waals surface area contributed by atoms with Crippen LogP contribution in [0.5, 0.6) is 0 Å². The Kier molecular flexibility index (Phi) is 4.95. The normalized spacial score (nSPS) is 17.5. The Morgan fingerprint density at radius 2 is 2.15 bits per heavy atom. The predicted octanol–water partition coefficient (Wildman–Crippen LogP) is 2.33. The van der Waals surface area contributed by atoms with E-state index in [1.807, 2.05) is 0 Å². The highest BCUT2D eigenvalue weighted by Crippen LogP contribution is 2.26. The van der Waals surface area contributed by atoms with Gasteiger partial charge in [-0.15, -0.1) is 0 Å². The van der Waals surface area contributed by atoms with Crippen LogP contribution in [0.4, 0.5) is 5.82 Å². The van der Waals surface area contributed by atoms with E-state index < -0.39 is 0 Å². The molecule has 2 rings (SSSR count). The predicted molar refractivity (Wildman–Crippen MR) is 78.7 cm³/mol. The highest BCUT2D eigenvalue weighted by Gasteiger charge is 2.27. The highest BCUT2D eigenvalue weighted by atomic mass is 16.5. The molecule has 1 aliphatic rings. The van der Waals surface area contributed by atoms with Crippen LogP contribution >= 0.6 is 0 Å². The van der Waals surface area contributed by atoms with E-state index >= 15 is 0 Å². The maximum absolute atomic E-state index is 11.5. The van der Waals surface area contributed by atoms with Crippen LogP contribution in [0, 0.1) is 0 Å². The molecule has 0 saturated heterocycles. The maximum Gasteiger partial charge on any atom is 0.339 e. The molecule has 0 unspecified atom stereocenters. The quantitative estimate of drug-likeness (QED) is 0.808. The topological polar surface area (TPSA) is 77.2 Å². The monoisotopic (exact) mass is 277 g/mol. The zero-order valence-electron chi connectivity index (χ0n) is 12.0. The summed E-state index contributed by atoms with van der Waals surface area (Å²) in [4.78, 5) is 15.7. The second-order valence-electron chi connectivity index (χ2n) is 5.43. The number of carbonyl (C=O) groups is 1. The molecule has 1 aromatic rings. The van der Waals surface area contributed by atoms with E-state index in [4.69, 9.17) is 10.5 Å². The average molecular weight is 277 g/mol. The minimum Gasteiger partial charge on any atom is -0.462 e. The van der Waals surface area contributed by atoms with E-state index in [-0.39, 0.29) is 11.5 Å². The minimum absolute atomic E-state index is 0.125. The van der Waals surface area contributed by atoms with Crippen LogP contribution in [0.2, 0.25) is 0 Å². The van der Waals surface area contributed by atoms with Crippen molar-refractivity contribution in [2.45, 2.75) is 44.6 Å². The van der Waals surface area contributed by atoms with Crippen LogP contribution in [0.25, 0.3) is 0 Å². The molecule has 1 aliphatic carbocycles. The fourth-order valence-corrected chi connectivity index (χ4v) is 2.53. The number of carbonyl (C=O) groups excluding carboxylic acids is 1. The zero-order chi connectivity index (χ0) is 14.4. The van der Waals surface area contributed by atoms with Gasteiger partial charge in [0.2, 0.25) is 0 Å². The van der Waals surface area contributed by atoms with Crippen molar-refractivity contribution in [2.75, 3.05) is 18.5 Å². The van der Waals surface area contributed by atoms with Crippen molar-refractivity contribution in [3.63, 3.8) is 0 Å². The molecule has 0 atom stereocenters. The fourth-order valence-electron chi connectivity index (χ4n) is 2.53. The van der Waals surface area contributed by atoms with Crippen molar-refractivity contribution in [2.24, 2.45) is 5.73 Å². The van der Waals surface area contributed by atoms with Crippen LogP contribution in [-0.2, 0) is 4.74 Å². The summed E-state index contributed by atoms with van der Waals surface area (Å²) in [6.07, 6.45) is 7.33. The van der Waals surface area contributed by atoms with Crippen molar-refractivity contribution < 1.29 is 9.53 Å². The van der Waals surface area contributed by atoms with E-state index in [9.17, 15) is 4.79 Å². The van der Waals surface area contributed by atoms with Gasteiger partial charge in [0.1, 0.15) is 5.82 Å². The van der Waals surface area contributed by atoms with Gasteiger partial charge in [-0.2, -0.15) is 0 Å². The summed E-state index contributed by atoms with van der Waals surface area (Å²) >= 11 is 0. The lowest BCUT2D eigenvalue weighted by Gasteiger charge is -2.33. The Labute approximate surface area is 119 Å². The van der Waals surface area contributed by atoms with Crippen molar-refractivity contribution >= 4 is 11.8 Å². The summed E-state index contributed by atoms with van der Waals surface area (Å²) < 4.78 is 4.92. The van der Waals surface area contributed by atoms with Crippen molar-refractivity contribution in [1.82, 2.24) is 4.98 Å². The van der Waals surface area contributed by atoms with Crippen LogP contribution in [0.1, 0.15) is 49.4 Å². The Hall–Kier alpha value is -1.62. The zero-order valence-corrected chi connectivity index (χ0v) is 12.0. The van der Waals surface area contributed by atoms with Crippen LogP contribution in [-0.4, -0.2) is 29.6 Å². The summed E-state index contributed by atoms with van der Waals surface area (Å²) in [5, 5.41) is 3.26. The van der Waals surface area contributed by atoms with Gasteiger partial charge in [0.15, 0.2) is 0 Å². The lowest BCUT2D eigenvalue weighted by Crippen LogP contribution is -2.47. The molecule has 1 aromatic heterocycles. The Bertz CT molecular complexity index is 439. The number of ether oxygens (including phenoxy) is 1. The molecule has 5 heteroatoms. The number of nitrogens with two attached hydrogens (primary N) is 1. The number of nitrogens with one attached hydrogen (secondary N) is 1. The Balaban J connectivity index is 1.89. The van der Waals surface area contributed by atoms with E-state index in [1.165, 1.54) is 25.5 Å². The van der Waals surface area contributed by atoms with E-state index in [2.05, 4.69) is 10.3 Å². The molecule has 0 radical (unpaired) electrons. The lowest BCUT2D eigenvalue weighted by atomic mass is 9.82. The fraction of sp³-hybridized carbons (Fsp3) is 0.600. The number of esters is 1. The molecular weight excluding hydrogens is 254 g/mol. The van der Waals surface area contributed by atoms with Gasteiger partial charge in [0, 0.05) is 18.3 Å². The number of nitrogens with zero attached hydrogens (tertiary/aromatic N) is 1. The third-order valence-corrected chi connectivity index (χ3v) is 3.75. The average Bonchev–Trinajstić information content (AvgIpc) is 2.47. The molecule has 5 nitrogen and oxygen atoms in total. The summed E-state index contributed by atoms with van der Waals surface area (Å²) in [6.45, 7) is 2.87. The molecule has 1 fully saturated rings. The number of hydrogen-bond donors (Lipinski definition) is 2. The van der Waals surface area contributed by atoms with Crippen molar-refractivity contribution in [3.05, 3.63) is 23.9 Å². The molecule has 110 valence electrons. The first-order valence-corrected chi connectivity index (χ1v) is 7.29. The van der Waals surface area contributed by atoms with E-state index in [1.54, 1.807) is 19.1 Å². The summed E-state index contributed by atoms with van der Waals surface area (Å²) in [7, 11) is 0. The first kappa shape index (κ1) is 14.8. The molecule has 3 N–H and O–H groups in total. The number of hydrogen-bond acceptors (Lipinski definition) is 5. The number of pyridine rings is 1. The SMILES string of the molecule is CCOC(=O)c1ccc(NCC2(N)CCCCC2)nc1. The molecule has 0 bridgehead atoms. The molecule has 1 saturated carbocycles. The standard InChI is InChI=1S/C15H23N3O2/c1-2-20-14(19)12-6-7-13(17-10-12)18-11-15(16)8-4-3-5-9-15/h6-7,10H,2-5,8-9,11,16H2,1H3,(H,17,18). The third kappa shape index (κ3) is 3.93. The molecule has 20 heavy (non-hydrogen) atoms. The first-order valence-electron chi connectivity index (χ1n) is 7.29. The van der Waals surface area contributed by atoms with Gasteiger partial charge >= 0.3 is 5.97 Å². The summed E-state index contributed by atoms with van der Waals surface area (Å²) in [6, 6.07) is 3.51. The molecule has 1 heterocycles. The summed E-state index contributed by atoms with van der Waals surface area (Å²) in [5.41, 5.74) is 6.70. The van der Waals surface area contributed by atoms with Gasteiger partial charge in [0.05, 0.1) is 12.2 Å². The Morgan fingerprint density at radius 3 is 2.75 bits per heavy atom. The Morgan fingerprint density at radius 1 is 1.40 bits per heavy atom. The third-order valence-electron chi connectivity index (χ3n) is 3.75. The second-order valence-corrected chi connectivity index (χ2v) is 5.43. The van der Waals surface area contributed by atoms with E-state index in [0.717, 1.165) is 25.2 Å². The minimum atomic E-state index is -0.339.